The number of β-amino-alcohol motifs (C(OH)–C–C–N with tert-alkyl or cyclic N) is 1. The van der Waals surface area contributed by atoms with E-state index in [4.69, 9.17) is 14.5 Å². The highest BCUT2D eigenvalue weighted by Gasteiger charge is 2.43. The molecule has 0 spiro atoms. The van der Waals surface area contributed by atoms with Crippen LogP contribution in [-0.2, 0) is 15.1 Å². The van der Waals surface area contributed by atoms with E-state index in [2.05, 4.69) is 5.32 Å². The van der Waals surface area contributed by atoms with Gasteiger partial charge in [-0.1, -0.05) is 54.6 Å². The number of alkyl carbamates (subject to hydrolysis) is 1. The Bertz CT molecular complexity index is 1330. The molecule has 198 valence electrons. The Morgan fingerprint density at radius 2 is 1.82 bits per heavy atom. The van der Waals surface area contributed by atoms with Gasteiger partial charge in [0.25, 0.3) is 5.91 Å². The van der Waals surface area contributed by atoms with Gasteiger partial charge in [0.05, 0.1) is 12.3 Å². The largest absolute Gasteiger partial charge is 0.466 e. The van der Waals surface area contributed by atoms with Crippen LogP contribution in [0.3, 0.4) is 0 Å². The maximum Gasteiger partial charge on any atom is 0.408 e. The second kappa shape index (κ2) is 10.1. The number of pyridine rings is 1. The molecular formula is C30H33N3O5. The molecule has 0 saturated heterocycles. The van der Waals surface area contributed by atoms with Crippen LogP contribution in [0.15, 0.2) is 60.7 Å². The van der Waals surface area contributed by atoms with E-state index in [0.717, 1.165) is 41.5 Å². The number of nitrogens with one attached hydrogen (secondary N) is 1. The van der Waals surface area contributed by atoms with Crippen LogP contribution in [0.1, 0.15) is 45.6 Å². The standard InChI is InChI=1S/C30H33N3O5/c1-29(2,3)32-28(36)38-30(14-7-15-30)22-12-10-21(11-13-22)26-23(20-8-5-4-6-9-20)18-24-27(31-26)37-19-25(35)33(24)16-17-34/h4-6,8-13,18,34H,7,14-17,19H2,1-3H3,(H,32,36). The van der Waals surface area contributed by atoms with E-state index in [9.17, 15) is 14.7 Å². The van der Waals surface area contributed by atoms with E-state index in [0.29, 0.717) is 17.3 Å². The maximum absolute atomic E-state index is 12.6. The summed E-state index contributed by atoms with van der Waals surface area (Å²) in [5, 5.41) is 12.4. The van der Waals surface area contributed by atoms with Crippen molar-refractivity contribution in [1.82, 2.24) is 10.3 Å². The summed E-state index contributed by atoms with van der Waals surface area (Å²) in [6, 6.07) is 19.7. The lowest BCUT2D eigenvalue weighted by Gasteiger charge is -2.42. The number of hydrogen-bond donors (Lipinski definition) is 2. The van der Waals surface area contributed by atoms with Crippen molar-refractivity contribution in [2.24, 2.45) is 0 Å². The Labute approximate surface area is 222 Å². The molecule has 0 bridgehead atoms. The minimum Gasteiger partial charge on any atom is -0.466 e. The third-order valence-corrected chi connectivity index (χ3v) is 6.91. The maximum atomic E-state index is 12.6. The number of anilines is 1. The Morgan fingerprint density at radius 3 is 2.42 bits per heavy atom. The summed E-state index contributed by atoms with van der Waals surface area (Å²) in [6.45, 7) is 5.66. The fourth-order valence-electron chi connectivity index (χ4n) is 4.92. The van der Waals surface area contributed by atoms with Crippen molar-refractivity contribution in [2.45, 2.75) is 51.2 Å². The van der Waals surface area contributed by atoms with Gasteiger partial charge in [0.2, 0.25) is 5.88 Å². The first kappa shape index (κ1) is 25.7. The SMILES string of the molecule is CC(C)(C)NC(=O)OC1(c2ccc(-c3nc4c(cc3-c3ccccc3)N(CCO)C(=O)CO4)cc2)CCC1. The fraction of sp³-hybridized carbons (Fsp3) is 0.367. The summed E-state index contributed by atoms with van der Waals surface area (Å²) in [6.07, 6.45) is 2.13. The normalized spacial score (nSPS) is 16.2. The van der Waals surface area contributed by atoms with Gasteiger partial charge in [0.1, 0.15) is 11.3 Å². The van der Waals surface area contributed by atoms with Gasteiger partial charge in [-0.2, -0.15) is 0 Å². The number of amides is 2. The molecule has 0 atom stereocenters. The van der Waals surface area contributed by atoms with Crippen LogP contribution in [0.5, 0.6) is 5.88 Å². The summed E-state index contributed by atoms with van der Waals surface area (Å²) < 4.78 is 11.7. The highest BCUT2D eigenvalue weighted by Crippen LogP contribution is 2.46. The predicted octanol–water partition coefficient (Wildman–Crippen LogP) is 5.04. The van der Waals surface area contributed by atoms with E-state index in [1.54, 1.807) is 0 Å². The molecule has 3 aromatic rings. The minimum atomic E-state index is -0.631. The number of aromatic nitrogens is 1. The molecule has 8 heteroatoms. The van der Waals surface area contributed by atoms with Crippen molar-refractivity contribution in [3.63, 3.8) is 0 Å². The molecular weight excluding hydrogens is 482 g/mol. The predicted molar refractivity (Wildman–Crippen MR) is 145 cm³/mol. The fourth-order valence-corrected chi connectivity index (χ4v) is 4.92. The quantitative estimate of drug-likeness (QED) is 0.477. The van der Waals surface area contributed by atoms with Gasteiger partial charge < -0.3 is 24.8 Å². The van der Waals surface area contributed by atoms with E-state index >= 15 is 0 Å². The van der Waals surface area contributed by atoms with Crippen LogP contribution < -0.4 is 15.0 Å². The van der Waals surface area contributed by atoms with Gasteiger partial charge in [-0.15, -0.1) is 0 Å². The lowest BCUT2D eigenvalue weighted by molar-refractivity contribution is -0.121. The summed E-state index contributed by atoms with van der Waals surface area (Å²) in [5.74, 6) is 0.139. The molecule has 2 N–H and O–H groups in total. The first-order chi connectivity index (χ1) is 18.2. The molecule has 1 aliphatic heterocycles. The summed E-state index contributed by atoms with van der Waals surface area (Å²) in [7, 11) is 0. The van der Waals surface area contributed by atoms with Crippen molar-refractivity contribution in [3.8, 4) is 28.3 Å². The van der Waals surface area contributed by atoms with Crippen LogP contribution in [0.25, 0.3) is 22.4 Å². The van der Waals surface area contributed by atoms with Crippen molar-refractivity contribution in [3.05, 3.63) is 66.2 Å². The molecule has 2 aromatic carbocycles. The molecule has 2 aliphatic rings. The third kappa shape index (κ3) is 5.09. The number of rotatable bonds is 6. The van der Waals surface area contributed by atoms with Crippen LogP contribution in [0, 0.1) is 0 Å². The van der Waals surface area contributed by atoms with Crippen molar-refractivity contribution in [2.75, 3.05) is 24.7 Å². The molecule has 0 unspecified atom stereocenters. The first-order valence-electron chi connectivity index (χ1n) is 13.0. The van der Waals surface area contributed by atoms with Crippen LogP contribution in [0.2, 0.25) is 0 Å². The van der Waals surface area contributed by atoms with Crippen molar-refractivity contribution >= 4 is 17.7 Å². The Kier molecular flexibility index (Phi) is 6.84. The van der Waals surface area contributed by atoms with E-state index in [1.807, 2.05) is 81.4 Å². The topological polar surface area (TPSA) is 101 Å². The average Bonchev–Trinajstić information content (AvgIpc) is 2.87. The lowest BCUT2D eigenvalue weighted by Crippen LogP contribution is -2.47. The Balaban J connectivity index is 1.52. The van der Waals surface area contributed by atoms with Gasteiger partial charge in [-0.25, -0.2) is 9.78 Å². The van der Waals surface area contributed by atoms with Crippen LogP contribution in [-0.4, -0.2) is 47.4 Å². The number of benzene rings is 2. The van der Waals surface area contributed by atoms with E-state index < -0.39 is 11.7 Å². The van der Waals surface area contributed by atoms with Crippen molar-refractivity contribution < 1.29 is 24.2 Å². The highest BCUT2D eigenvalue weighted by atomic mass is 16.6. The lowest BCUT2D eigenvalue weighted by atomic mass is 9.74. The second-order valence-electron chi connectivity index (χ2n) is 10.8. The first-order valence-corrected chi connectivity index (χ1v) is 13.0. The molecule has 1 aliphatic carbocycles. The molecule has 0 radical (unpaired) electrons. The minimum absolute atomic E-state index is 0.125. The smallest absolute Gasteiger partial charge is 0.408 e. The van der Waals surface area contributed by atoms with Gasteiger partial charge >= 0.3 is 6.09 Å². The zero-order valence-electron chi connectivity index (χ0n) is 22.0. The summed E-state index contributed by atoms with van der Waals surface area (Å²) >= 11 is 0. The molecule has 5 rings (SSSR count). The molecule has 1 saturated carbocycles. The number of ether oxygens (including phenoxy) is 2. The molecule has 1 fully saturated rings. The zero-order chi connectivity index (χ0) is 26.9. The summed E-state index contributed by atoms with van der Waals surface area (Å²) in [4.78, 5) is 31.4. The van der Waals surface area contributed by atoms with E-state index in [1.165, 1.54) is 4.90 Å². The molecule has 8 nitrogen and oxygen atoms in total. The van der Waals surface area contributed by atoms with Crippen molar-refractivity contribution in [1.29, 1.82) is 0 Å². The van der Waals surface area contributed by atoms with Gasteiger partial charge in [0.15, 0.2) is 6.61 Å². The van der Waals surface area contributed by atoms with E-state index in [-0.39, 0.29) is 31.2 Å². The number of carbonyl (C=O) groups excluding carboxylic acids is 2. The summed E-state index contributed by atoms with van der Waals surface area (Å²) in [5.41, 5.74) is 3.87. The molecule has 2 heterocycles. The number of fused-ring (bicyclic) bond motifs is 1. The van der Waals surface area contributed by atoms with Gasteiger partial charge in [-0.05, 0) is 57.2 Å². The Hall–Kier alpha value is -3.91. The number of nitrogens with zero attached hydrogens (tertiary/aromatic N) is 2. The molecule has 1 aromatic heterocycles. The number of hydrogen-bond acceptors (Lipinski definition) is 6. The van der Waals surface area contributed by atoms with Gasteiger partial charge in [0, 0.05) is 23.2 Å². The number of aliphatic hydroxyl groups is 1. The zero-order valence-corrected chi connectivity index (χ0v) is 22.0. The highest BCUT2D eigenvalue weighted by molar-refractivity contribution is 5.99. The van der Waals surface area contributed by atoms with Gasteiger partial charge in [-0.3, -0.25) is 4.79 Å². The molecule has 38 heavy (non-hydrogen) atoms. The Morgan fingerprint density at radius 1 is 1.11 bits per heavy atom. The third-order valence-electron chi connectivity index (χ3n) is 6.91. The monoisotopic (exact) mass is 515 g/mol. The second-order valence-corrected chi connectivity index (χ2v) is 10.8. The number of aliphatic hydroxyl groups excluding tert-OH is 1. The molecule has 2 amide bonds. The average molecular weight is 516 g/mol. The number of carbonyl (C=O) groups is 2. The van der Waals surface area contributed by atoms with Crippen LogP contribution in [0.4, 0.5) is 10.5 Å². The van der Waals surface area contributed by atoms with Crippen LogP contribution >= 0.6 is 0 Å².